The Morgan fingerprint density at radius 2 is 0.944 bits per heavy atom. The molecule has 0 amide bonds. The number of nitriles is 7. The molecule has 0 saturated carbocycles. The summed E-state index contributed by atoms with van der Waals surface area (Å²) >= 11 is 0. The molecule has 0 N–H and O–H groups in total. The van der Waals surface area contributed by atoms with Gasteiger partial charge in [-0.2, -0.15) is 63.2 Å². The van der Waals surface area contributed by atoms with Gasteiger partial charge in [0.1, 0.15) is 48.1 Å². The maximum Gasteiger partial charge on any atom is 0.417 e. The molecule has 0 heterocycles. The highest BCUT2D eigenvalue weighted by Gasteiger charge is 2.43. The zero-order valence-corrected chi connectivity index (χ0v) is 17.1. The smallest absolute Gasteiger partial charge is 0.192 e. The lowest BCUT2D eigenvalue weighted by molar-refractivity contribution is -0.143. The molecule has 13 heteroatoms. The fourth-order valence-electron chi connectivity index (χ4n) is 3.26. The van der Waals surface area contributed by atoms with Crippen LogP contribution in [0, 0.1) is 79.3 Å². The van der Waals surface area contributed by atoms with E-state index in [0.29, 0.717) is 0 Å². The van der Waals surface area contributed by atoms with Crippen molar-refractivity contribution in [2.75, 3.05) is 0 Å². The van der Waals surface area contributed by atoms with Crippen LogP contribution in [0.5, 0.6) is 0 Å². The van der Waals surface area contributed by atoms with Gasteiger partial charge in [0.2, 0.25) is 0 Å². The molecule has 2 aromatic rings. The minimum absolute atomic E-state index is 0.388. The number of alkyl halides is 6. The van der Waals surface area contributed by atoms with Crippen molar-refractivity contribution in [3.05, 3.63) is 67.6 Å². The first kappa shape index (κ1) is 26.4. The predicted molar refractivity (Wildman–Crippen MR) is 104 cm³/mol. The third-order valence-corrected chi connectivity index (χ3v) is 4.71. The van der Waals surface area contributed by atoms with Gasteiger partial charge in [-0.25, -0.2) is 0 Å². The van der Waals surface area contributed by atoms with Crippen LogP contribution in [0.1, 0.15) is 38.9 Å². The Balaban J connectivity index is 3.48. The summed E-state index contributed by atoms with van der Waals surface area (Å²) in [6.07, 6.45) is -11.0. The third-order valence-electron chi connectivity index (χ3n) is 4.71. The maximum absolute atomic E-state index is 13.6. The molecule has 0 fully saturated rings. The van der Waals surface area contributed by atoms with Gasteiger partial charge in [-0.15, -0.1) is 0 Å². The Kier molecular flexibility index (Phi) is 7.04. The molecule has 0 unspecified atom stereocenters. The van der Waals surface area contributed by atoms with Crippen LogP contribution in [0.2, 0.25) is 0 Å². The summed E-state index contributed by atoms with van der Waals surface area (Å²) in [5.41, 5.74) is -11.7. The molecule has 2 rings (SSSR count). The van der Waals surface area contributed by atoms with E-state index >= 15 is 0 Å². The minimum atomic E-state index is -5.52. The molecule has 0 radical (unpaired) electrons. The average Bonchev–Trinajstić information content (AvgIpc) is 2.83. The summed E-state index contributed by atoms with van der Waals surface area (Å²) in [7, 11) is 0. The van der Waals surface area contributed by atoms with Gasteiger partial charge in [0.05, 0.1) is 39.0 Å². The van der Waals surface area contributed by atoms with E-state index in [2.05, 4.69) is 0 Å². The molecule has 0 saturated heterocycles. The van der Waals surface area contributed by atoms with E-state index < -0.39 is 73.7 Å². The summed E-state index contributed by atoms with van der Waals surface area (Å²) in [5, 5.41) is 64.7. The molecule has 0 spiro atoms. The summed E-state index contributed by atoms with van der Waals surface area (Å²) in [5.74, 6) is 0. The number of hydrogen-bond donors (Lipinski definition) is 0. The molecule has 0 atom stereocenters. The second kappa shape index (κ2) is 9.59. The van der Waals surface area contributed by atoms with E-state index in [4.69, 9.17) is 10.5 Å². The summed E-state index contributed by atoms with van der Waals surface area (Å²) < 4.78 is 81.7. The Morgan fingerprint density at radius 1 is 0.556 bits per heavy atom. The first-order valence-corrected chi connectivity index (χ1v) is 8.94. The minimum Gasteiger partial charge on any atom is -0.192 e. The van der Waals surface area contributed by atoms with Gasteiger partial charge < -0.3 is 0 Å². The van der Waals surface area contributed by atoms with Crippen LogP contribution in [0.4, 0.5) is 26.3 Å². The molecule has 0 aliphatic rings. The van der Waals surface area contributed by atoms with E-state index in [1.165, 1.54) is 30.3 Å². The van der Waals surface area contributed by atoms with Crippen molar-refractivity contribution < 1.29 is 26.3 Å². The van der Waals surface area contributed by atoms with Crippen molar-refractivity contribution in [3.8, 4) is 42.5 Å². The Morgan fingerprint density at radius 3 is 1.28 bits per heavy atom. The second-order valence-electron chi connectivity index (χ2n) is 6.54. The zero-order valence-electron chi connectivity index (χ0n) is 17.1. The van der Waals surface area contributed by atoms with E-state index in [1.807, 2.05) is 0 Å². The number of nitrogens with zero attached hydrogens (tertiary/aromatic N) is 7. The second-order valence-corrected chi connectivity index (χ2v) is 6.54. The van der Waals surface area contributed by atoms with Crippen molar-refractivity contribution in [1.29, 1.82) is 36.8 Å². The van der Waals surface area contributed by atoms with Gasteiger partial charge in [0.25, 0.3) is 0 Å². The lowest BCUT2D eigenvalue weighted by Gasteiger charge is -2.18. The predicted octanol–water partition coefficient (Wildman–Crippen LogP) is 3.13. The number of rotatable bonds is 1. The highest BCUT2D eigenvalue weighted by Crippen LogP contribution is 2.42. The van der Waals surface area contributed by atoms with Crippen LogP contribution in [-0.2, 0) is 12.4 Å². The lowest BCUT2D eigenvalue weighted by Crippen LogP contribution is -2.24. The van der Waals surface area contributed by atoms with Crippen LogP contribution in [0.15, 0.2) is 18.2 Å². The van der Waals surface area contributed by atoms with Crippen molar-refractivity contribution in [1.82, 2.24) is 0 Å². The largest absolute Gasteiger partial charge is 0.417 e. The molecular weight excluding hydrogens is 488 g/mol. The Hall–Kier alpha value is -5.81. The van der Waals surface area contributed by atoms with E-state index in [9.17, 15) is 52.7 Å². The molecule has 0 aromatic heterocycles. The van der Waals surface area contributed by atoms with E-state index in [-0.39, 0.29) is 5.22 Å². The van der Waals surface area contributed by atoms with Gasteiger partial charge in [-0.1, -0.05) is 12.1 Å². The number of hydrogen-bond acceptors (Lipinski definition) is 7. The van der Waals surface area contributed by atoms with Crippen LogP contribution >= 0.6 is 0 Å². The highest BCUT2D eigenvalue weighted by atomic mass is 19.4. The van der Waals surface area contributed by atoms with Gasteiger partial charge in [0, 0.05) is 16.0 Å². The molecule has 172 valence electrons. The van der Waals surface area contributed by atoms with Crippen LogP contribution in [0.3, 0.4) is 0 Å². The van der Waals surface area contributed by atoms with Crippen molar-refractivity contribution in [2.24, 2.45) is 0 Å². The van der Waals surface area contributed by atoms with E-state index in [0.717, 1.165) is 24.3 Å². The zero-order chi connectivity index (χ0) is 27.4. The van der Waals surface area contributed by atoms with Crippen molar-refractivity contribution in [2.45, 2.75) is 12.4 Å². The normalized spacial score (nSPS) is 11.3. The Labute approximate surface area is 197 Å². The fraction of sp³-hybridized carbons (Fsp3) is 0.0870. The number of halogens is 6. The highest BCUT2D eigenvalue weighted by molar-refractivity contribution is 5.86. The summed E-state index contributed by atoms with van der Waals surface area (Å²) in [4.78, 5) is 0. The van der Waals surface area contributed by atoms with Crippen LogP contribution in [-0.4, -0.2) is 0 Å². The molecule has 0 aliphatic carbocycles. The van der Waals surface area contributed by atoms with Gasteiger partial charge in [-0.05, 0) is 6.07 Å². The van der Waals surface area contributed by atoms with Gasteiger partial charge in [0.15, 0.2) is 0 Å². The topological polar surface area (TPSA) is 167 Å². The van der Waals surface area contributed by atoms with Crippen LogP contribution < -0.4 is 10.4 Å². The van der Waals surface area contributed by atoms with Gasteiger partial charge in [-0.3, -0.25) is 0 Å². The molecule has 0 bridgehead atoms. The molecule has 0 aliphatic heterocycles. The first-order chi connectivity index (χ1) is 16.9. The third kappa shape index (κ3) is 4.35. The fourth-order valence-corrected chi connectivity index (χ4v) is 3.26. The molecule has 7 nitrogen and oxygen atoms in total. The molecule has 36 heavy (non-hydrogen) atoms. The summed E-state index contributed by atoms with van der Waals surface area (Å²) in [6.45, 7) is 0. The quantitative estimate of drug-likeness (QED) is 0.552. The van der Waals surface area contributed by atoms with Crippen LogP contribution in [0.25, 0.3) is 11.1 Å². The maximum atomic E-state index is 13.6. The SMILES string of the molecule is N#CC(C#N)=c1cc/c(=C(\C#N)c2c(C#N)c(C(F)(F)F)cc(C(F)(F)F)c2C#N)c(C#N)c1C#N. The van der Waals surface area contributed by atoms with Gasteiger partial charge >= 0.3 is 12.4 Å². The van der Waals surface area contributed by atoms with Crippen molar-refractivity contribution >= 4 is 11.1 Å². The standard InChI is InChI=1S/C23H3F6N7/c24-22(25,26)19-3-20(23(27,28)29)18(10-36)21(17(19)9-35)16(8-34)13-2-1-12(11(4-30)5-31)14(6-32)15(13)7-33/h1-3H/b16-13-. The first-order valence-electron chi connectivity index (χ1n) is 8.94. The van der Waals surface area contributed by atoms with E-state index in [1.54, 1.807) is 0 Å². The lowest BCUT2D eigenvalue weighted by atomic mass is 9.86. The molecule has 2 aromatic carbocycles. The average molecular weight is 491 g/mol. The Bertz CT molecular complexity index is 1660. The molecular formula is C23H3F6N7. The summed E-state index contributed by atoms with van der Waals surface area (Å²) in [6, 6.07) is 10.6. The monoisotopic (exact) mass is 491 g/mol. The number of benzene rings is 2. The van der Waals surface area contributed by atoms with Crippen molar-refractivity contribution in [3.63, 3.8) is 0 Å².